The van der Waals surface area contributed by atoms with E-state index in [1.807, 2.05) is 14.0 Å². The summed E-state index contributed by atoms with van der Waals surface area (Å²) in [5, 5.41) is 7.45. The number of nitrogens with one attached hydrogen (secondary N) is 1. The highest BCUT2D eigenvalue weighted by Crippen LogP contribution is 2.21. The number of rotatable bonds is 5. The fourth-order valence-corrected chi connectivity index (χ4v) is 1.58. The summed E-state index contributed by atoms with van der Waals surface area (Å²) in [7, 11) is 5.33. The van der Waals surface area contributed by atoms with Crippen LogP contribution >= 0.6 is 0 Å². The van der Waals surface area contributed by atoms with Gasteiger partial charge in [0.15, 0.2) is 0 Å². The van der Waals surface area contributed by atoms with E-state index < -0.39 is 0 Å². The maximum atomic E-state index is 11.4. The van der Waals surface area contributed by atoms with Gasteiger partial charge in [0.2, 0.25) is 5.91 Å². The van der Waals surface area contributed by atoms with Gasteiger partial charge in [-0.25, -0.2) is 0 Å². The molecule has 1 heterocycles. The molecule has 0 atom stereocenters. The van der Waals surface area contributed by atoms with Gasteiger partial charge in [0, 0.05) is 34.1 Å². The zero-order valence-corrected chi connectivity index (χ0v) is 10.9. The minimum atomic E-state index is 0.0916. The Kier molecular flexibility index (Phi) is 4.37. The van der Waals surface area contributed by atoms with Crippen molar-refractivity contribution in [3.05, 3.63) is 5.69 Å². The third-order valence-corrected chi connectivity index (χ3v) is 2.63. The van der Waals surface area contributed by atoms with Crippen molar-refractivity contribution in [3.63, 3.8) is 0 Å². The van der Waals surface area contributed by atoms with Gasteiger partial charge >= 0.3 is 0 Å². The van der Waals surface area contributed by atoms with Gasteiger partial charge in [-0.2, -0.15) is 5.10 Å². The Morgan fingerprint density at radius 3 is 2.65 bits per heavy atom. The first-order valence-corrected chi connectivity index (χ1v) is 5.72. The molecule has 6 heteroatoms. The summed E-state index contributed by atoms with van der Waals surface area (Å²) in [4.78, 5) is 13.0. The second kappa shape index (κ2) is 5.56. The molecule has 1 rings (SSSR count). The van der Waals surface area contributed by atoms with Crippen molar-refractivity contribution < 1.29 is 4.79 Å². The van der Waals surface area contributed by atoms with Crippen molar-refractivity contribution >= 4 is 17.4 Å². The molecule has 0 spiro atoms. The van der Waals surface area contributed by atoms with Crippen LogP contribution < -0.4 is 11.1 Å². The topological polar surface area (TPSA) is 76.2 Å². The monoisotopic (exact) mass is 239 g/mol. The minimum absolute atomic E-state index is 0.0916. The first kappa shape index (κ1) is 13.3. The molecule has 0 unspecified atom stereocenters. The van der Waals surface area contributed by atoms with Crippen LogP contribution in [0.5, 0.6) is 0 Å². The molecule has 0 saturated heterocycles. The van der Waals surface area contributed by atoms with Gasteiger partial charge in [-0.05, 0) is 6.42 Å². The van der Waals surface area contributed by atoms with E-state index in [0.29, 0.717) is 18.7 Å². The average Bonchev–Trinajstić information content (AvgIpc) is 2.55. The molecule has 96 valence electrons. The van der Waals surface area contributed by atoms with Crippen LogP contribution in [0.3, 0.4) is 0 Å². The summed E-state index contributed by atoms with van der Waals surface area (Å²) in [6.45, 7) is 2.57. The average molecular weight is 239 g/mol. The van der Waals surface area contributed by atoms with Crippen molar-refractivity contribution in [2.75, 3.05) is 31.7 Å². The third-order valence-electron chi connectivity index (χ3n) is 2.63. The summed E-state index contributed by atoms with van der Waals surface area (Å²) in [6.07, 6.45) is 1.25. The van der Waals surface area contributed by atoms with Gasteiger partial charge in [-0.15, -0.1) is 0 Å². The lowest BCUT2D eigenvalue weighted by Gasteiger charge is -2.11. The Labute approximate surface area is 102 Å². The van der Waals surface area contributed by atoms with Crippen molar-refractivity contribution in [2.24, 2.45) is 7.05 Å². The van der Waals surface area contributed by atoms with Gasteiger partial charge in [-0.1, -0.05) is 6.92 Å². The number of aryl methyl sites for hydroxylation is 2. The number of carbonyl (C=O) groups is 1. The van der Waals surface area contributed by atoms with Crippen LogP contribution in [-0.4, -0.2) is 41.2 Å². The summed E-state index contributed by atoms with van der Waals surface area (Å²) in [6, 6.07) is 0. The van der Waals surface area contributed by atoms with Gasteiger partial charge in [0.25, 0.3) is 0 Å². The molecular formula is C11H21N5O. The van der Waals surface area contributed by atoms with E-state index in [4.69, 9.17) is 5.73 Å². The highest BCUT2D eigenvalue weighted by Gasteiger charge is 2.11. The van der Waals surface area contributed by atoms with E-state index in [2.05, 4.69) is 10.4 Å². The van der Waals surface area contributed by atoms with Crippen LogP contribution in [0, 0.1) is 0 Å². The van der Waals surface area contributed by atoms with Gasteiger partial charge in [0.05, 0.1) is 11.4 Å². The first-order chi connectivity index (χ1) is 7.97. The van der Waals surface area contributed by atoms with E-state index in [9.17, 15) is 4.79 Å². The molecular weight excluding hydrogens is 218 g/mol. The molecule has 1 aromatic heterocycles. The zero-order chi connectivity index (χ0) is 13.0. The number of hydrogen-bond donors (Lipinski definition) is 2. The maximum absolute atomic E-state index is 11.4. The van der Waals surface area contributed by atoms with Crippen LogP contribution in [0.4, 0.5) is 11.5 Å². The number of nitrogens with zero attached hydrogens (tertiary/aromatic N) is 3. The quantitative estimate of drug-likeness (QED) is 0.782. The summed E-state index contributed by atoms with van der Waals surface area (Å²) < 4.78 is 1.72. The van der Waals surface area contributed by atoms with Crippen LogP contribution in [0.2, 0.25) is 0 Å². The van der Waals surface area contributed by atoms with E-state index in [1.54, 1.807) is 23.7 Å². The van der Waals surface area contributed by atoms with Crippen LogP contribution in [0.1, 0.15) is 19.0 Å². The summed E-state index contributed by atoms with van der Waals surface area (Å²) >= 11 is 0. The second-order valence-electron chi connectivity index (χ2n) is 4.15. The molecule has 0 radical (unpaired) electrons. The number of hydrogen-bond acceptors (Lipinski definition) is 4. The van der Waals surface area contributed by atoms with E-state index >= 15 is 0 Å². The fraction of sp³-hybridized carbons (Fsp3) is 0.636. The van der Waals surface area contributed by atoms with Crippen LogP contribution in [0.15, 0.2) is 0 Å². The fourth-order valence-electron chi connectivity index (χ4n) is 1.58. The molecule has 6 nitrogen and oxygen atoms in total. The highest BCUT2D eigenvalue weighted by molar-refractivity contribution is 5.76. The lowest BCUT2D eigenvalue weighted by atomic mass is 10.3. The Balaban J connectivity index is 2.58. The molecule has 1 aromatic rings. The van der Waals surface area contributed by atoms with Crippen LogP contribution in [0.25, 0.3) is 0 Å². The first-order valence-electron chi connectivity index (χ1n) is 5.72. The molecule has 3 N–H and O–H groups in total. The smallest absolute Gasteiger partial charge is 0.223 e. The highest BCUT2D eigenvalue weighted by atomic mass is 16.2. The molecule has 0 aliphatic carbocycles. The maximum Gasteiger partial charge on any atom is 0.223 e. The Bertz CT molecular complexity index is 397. The minimum Gasteiger partial charge on any atom is -0.394 e. The van der Waals surface area contributed by atoms with Gasteiger partial charge in [-0.3, -0.25) is 9.48 Å². The van der Waals surface area contributed by atoms with Crippen molar-refractivity contribution in [1.29, 1.82) is 0 Å². The summed E-state index contributed by atoms with van der Waals surface area (Å²) in [5.74, 6) is 0.877. The van der Waals surface area contributed by atoms with E-state index in [0.717, 1.165) is 17.9 Å². The predicted molar refractivity (Wildman–Crippen MR) is 68.8 cm³/mol. The number of aromatic nitrogens is 2. The summed E-state index contributed by atoms with van der Waals surface area (Å²) in [5.41, 5.74) is 7.51. The number of carbonyl (C=O) groups excluding carboxylic acids is 1. The molecule has 0 aliphatic heterocycles. The number of nitrogens with two attached hydrogens (primary N) is 1. The Hall–Kier alpha value is -1.72. The van der Waals surface area contributed by atoms with Crippen molar-refractivity contribution in [2.45, 2.75) is 19.8 Å². The lowest BCUT2D eigenvalue weighted by molar-refractivity contribution is -0.128. The Morgan fingerprint density at radius 2 is 2.18 bits per heavy atom. The molecule has 0 fully saturated rings. The van der Waals surface area contributed by atoms with E-state index in [1.165, 1.54) is 0 Å². The molecule has 0 aromatic carbocycles. The van der Waals surface area contributed by atoms with E-state index in [-0.39, 0.29) is 5.91 Å². The molecule has 1 amide bonds. The molecule has 0 aliphatic rings. The van der Waals surface area contributed by atoms with Crippen molar-refractivity contribution in [1.82, 2.24) is 14.7 Å². The lowest BCUT2D eigenvalue weighted by Crippen LogP contribution is -2.24. The third kappa shape index (κ3) is 3.12. The standard InChI is InChI=1S/C11H21N5O/c1-5-8-10(12)11(16(4)14-8)13-7-6-9(17)15(2)3/h13H,5-7,12H2,1-4H3. The normalized spacial score (nSPS) is 10.4. The zero-order valence-electron chi connectivity index (χ0n) is 10.9. The number of anilines is 2. The molecule has 17 heavy (non-hydrogen) atoms. The number of nitrogen functional groups attached to an aromatic ring is 1. The van der Waals surface area contributed by atoms with Crippen LogP contribution in [-0.2, 0) is 18.3 Å². The predicted octanol–water partition coefficient (Wildman–Crippen LogP) is 0.455. The van der Waals surface area contributed by atoms with Gasteiger partial charge < -0.3 is 16.0 Å². The number of amides is 1. The van der Waals surface area contributed by atoms with Gasteiger partial charge in [0.1, 0.15) is 5.82 Å². The SMILES string of the molecule is CCc1nn(C)c(NCCC(=O)N(C)C)c1N. The molecule has 0 bridgehead atoms. The largest absolute Gasteiger partial charge is 0.394 e. The second-order valence-corrected chi connectivity index (χ2v) is 4.15. The molecule has 0 saturated carbocycles. The Morgan fingerprint density at radius 1 is 1.53 bits per heavy atom. The van der Waals surface area contributed by atoms with Crippen molar-refractivity contribution in [3.8, 4) is 0 Å².